The van der Waals surface area contributed by atoms with Gasteiger partial charge in [0.25, 0.3) is 0 Å². The average Bonchev–Trinajstić information content (AvgIpc) is 2.74. The van der Waals surface area contributed by atoms with Crippen molar-refractivity contribution >= 4 is 0 Å². The topological polar surface area (TPSA) is 15.3 Å². The Balaban J connectivity index is 1.78. The summed E-state index contributed by atoms with van der Waals surface area (Å²) in [4.78, 5) is 2.74. The van der Waals surface area contributed by atoms with Crippen molar-refractivity contribution in [3.8, 4) is 0 Å². The van der Waals surface area contributed by atoms with Gasteiger partial charge in [-0.25, -0.2) is 0 Å². The molecule has 14 heavy (non-hydrogen) atoms. The summed E-state index contributed by atoms with van der Waals surface area (Å²) in [5, 5.41) is 3.31. The Bertz CT molecular complexity index is 181. The molecule has 0 bridgehead atoms. The number of hydrogen-bond donors (Lipinski definition) is 1. The molecule has 0 spiro atoms. The van der Waals surface area contributed by atoms with E-state index >= 15 is 0 Å². The van der Waals surface area contributed by atoms with Gasteiger partial charge in [-0.1, -0.05) is 6.92 Å². The van der Waals surface area contributed by atoms with Crippen LogP contribution < -0.4 is 5.32 Å². The van der Waals surface area contributed by atoms with Crippen LogP contribution in [0.5, 0.6) is 0 Å². The summed E-state index contributed by atoms with van der Waals surface area (Å²) < 4.78 is 0. The highest BCUT2D eigenvalue weighted by Crippen LogP contribution is 2.31. The molecule has 1 N–H and O–H groups in total. The third-order valence-corrected chi connectivity index (χ3v) is 3.98. The van der Waals surface area contributed by atoms with Crippen LogP contribution in [0.25, 0.3) is 0 Å². The van der Waals surface area contributed by atoms with Crippen LogP contribution in [-0.2, 0) is 0 Å². The molecule has 2 rings (SSSR count). The fraction of sp³-hybridized carbons (Fsp3) is 1.00. The van der Waals surface area contributed by atoms with E-state index in [0.717, 1.165) is 17.9 Å². The molecule has 0 aromatic heterocycles. The van der Waals surface area contributed by atoms with Gasteiger partial charge in [-0.2, -0.15) is 0 Å². The highest BCUT2D eigenvalue weighted by Gasteiger charge is 2.31. The van der Waals surface area contributed by atoms with Gasteiger partial charge in [0.15, 0.2) is 0 Å². The molecule has 0 aromatic rings. The van der Waals surface area contributed by atoms with Gasteiger partial charge >= 0.3 is 0 Å². The number of rotatable bonds is 3. The first-order valence-electron chi connectivity index (χ1n) is 6.18. The van der Waals surface area contributed by atoms with E-state index in [4.69, 9.17) is 0 Å². The van der Waals surface area contributed by atoms with Crippen molar-refractivity contribution in [1.29, 1.82) is 0 Å². The maximum Gasteiger partial charge on any atom is 0.00985 e. The Morgan fingerprint density at radius 1 is 1.29 bits per heavy atom. The fourth-order valence-corrected chi connectivity index (χ4v) is 3.16. The lowest BCUT2D eigenvalue weighted by Gasteiger charge is -2.23. The Hall–Kier alpha value is -0.0800. The minimum atomic E-state index is 0.915. The van der Waals surface area contributed by atoms with Crippen LogP contribution in [0.2, 0.25) is 0 Å². The van der Waals surface area contributed by atoms with E-state index in [2.05, 4.69) is 24.2 Å². The van der Waals surface area contributed by atoms with Gasteiger partial charge in [-0.15, -0.1) is 0 Å². The van der Waals surface area contributed by atoms with Gasteiger partial charge < -0.3 is 10.2 Å². The van der Waals surface area contributed by atoms with Gasteiger partial charge in [-0.3, -0.25) is 0 Å². The standard InChI is InChI=1S/C12H24N2/c1-10-5-6-14(9-10)12-4-3-11(7-12)8-13-2/h10-13H,3-9H2,1-2H3. The smallest absolute Gasteiger partial charge is 0.00985 e. The summed E-state index contributed by atoms with van der Waals surface area (Å²) in [6.45, 7) is 6.33. The molecule has 1 aliphatic carbocycles. The lowest BCUT2D eigenvalue weighted by atomic mass is 10.1. The maximum absolute atomic E-state index is 3.31. The Morgan fingerprint density at radius 3 is 2.79 bits per heavy atom. The van der Waals surface area contributed by atoms with Crippen LogP contribution in [0, 0.1) is 11.8 Å². The van der Waals surface area contributed by atoms with E-state index < -0.39 is 0 Å². The molecule has 2 heteroatoms. The first-order valence-corrected chi connectivity index (χ1v) is 6.18. The zero-order valence-corrected chi connectivity index (χ0v) is 9.63. The molecular formula is C12H24N2. The Labute approximate surface area is 88.1 Å². The maximum atomic E-state index is 3.31. The zero-order valence-electron chi connectivity index (χ0n) is 9.63. The second-order valence-electron chi connectivity index (χ2n) is 5.28. The fourth-order valence-electron chi connectivity index (χ4n) is 3.16. The van der Waals surface area contributed by atoms with Crippen LogP contribution >= 0.6 is 0 Å². The molecule has 1 heterocycles. The SMILES string of the molecule is CNCC1CCC(N2CCC(C)C2)C1. The molecule has 0 radical (unpaired) electrons. The molecule has 2 nitrogen and oxygen atoms in total. The second kappa shape index (κ2) is 4.63. The van der Waals surface area contributed by atoms with Crippen LogP contribution in [-0.4, -0.2) is 37.6 Å². The molecule has 3 unspecified atom stereocenters. The van der Waals surface area contributed by atoms with E-state index in [9.17, 15) is 0 Å². The molecule has 3 atom stereocenters. The molecule has 1 saturated carbocycles. The van der Waals surface area contributed by atoms with Crippen molar-refractivity contribution in [2.75, 3.05) is 26.7 Å². The zero-order chi connectivity index (χ0) is 9.97. The molecule has 1 saturated heterocycles. The van der Waals surface area contributed by atoms with Crippen molar-refractivity contribution in [3.05, 3.63) is 0 Å². The van der Waals surface area contributed by atoms with Crippen molar-refractivity contribution in [1.82, 2.24) is 10.2 Å². The number of hydrogen-bond acceptors (Lipinski definition) is 2. The van der Waals surface area contributed by atoms with Crippen LogP contribution in [0.3, 0.4) is 0 Å². The van der Waals surface area contributed by atoms with Crippen molar-refractivity contribution in [2.45, 2.75) is 38.6 Å². The van der Waals surface area contributed by atoms with Gasteiger partial charge in [0.2, 0.25) is 0 Å². The summed E-state index contributed by atoms with van der Waals surface area (Å²) in [5.41, 5.74) is 0. The highest BCUT2D eigenvalue weighted by atomic mass is 15.2. The van der Waals surface area contributed by atoms with Gasteiger partial charge in [0.05, 0.1) is 0 Å². The van der Waals surface area contributed by atoms with E-state index in [0.29, 0.717) is 0 Å². The quantitative estimate of drug-likeness (QED) is 0.739. The summed E-state index contributed by atoms with van der Waals surface area (Å²) >= 11 is 0. The average molecular weight is 196 g/mol. The van der Waals surface area contributed by atoms with Crippen molar-refractivity contribution in [2.24, 2.45) is 11.8 Å². The number of nitrogens with zero attached hydrogens (tertiary/aromatic N) is 1. The van der Waals surface area contributed by atoms with Gasteiger partial charge in [0.1, 0.15) is 0 Å². The number of nitrogens with one attached hydrogen (secondary N) is 1. The molecular weight excluding hydrogens is 172 g/mol. The number of likely N-dealkylation sites (tertiary alicyclic amines) is 1. The highest BCUT2D eigenvalue weighted by molar-refractivity contribution is 4.87. The van der Waals surface area contributed by atoms with Crippen LogP contribution in [0.1, 0.15) is 32.6 Å². The van der Waals surface area contributed by atoms with E-state index in [1.807, 2.05) is 0 Å². The molecule has 0 amide bonds. The Morgan fingerprint density at radius 2 is 2.14 bits per heavy atom. The summed E-state index contributed by atoms with van der Waals surface area (Å²) in [6.07, 6.45) is 5.75. The Kier molecular flexibility index (Phi) is 3.45. The van der Waals surface area contributed by atoms with E-state index in [-0.39, 0.29) is 0 Å². The molecule has 1 aliphatic heterocycles. The second-order valence-corrected chi connectivity index (χ2v) is 5.28. The first-order chi connectivity index (χ1) is 6.79. The molecule has 0 aromatic carbocycles. The molecule has 82 valence electrons. The monoisotopic (exact) mass is 196 g/mol. The summed E-state index contributed by atoms with van der Waals surface area (Å²) in [7, 11) is 2.07. The largest absolute Gasteiger partial charge is 0.319 e. The predicted octanol–water partition coefficient (Wildman–Crippen LogP) is 1.72. The lowest BCUT2D eigenvalue weighted by molar-refractivity contribution is 0.233. The van der Waals surface area contributed by atoms with E-state index in [1.165, 1.54) is 45.3 Å². The minimum Gasteiger partial charge on any atom is -0.319 e. The summed E-state index contributed by atoms with van der Waals surface area (Å²) in [5.74, 6) is 1.89. The van der Waals surface area contributed by atoms with Crippen LogP contribution in [0.15, 0.2) is 0 Å². The van der Waals surface area contributed by atoms with Crippen molar-refractivity contribution in [3.63, 3.8) is 0 Å². The van der Waals surface area contributed by atoms with Gasteiger partial charge in [-0.05, 0) is 57.7 Å². The lowest BCUT2D eigenvalue weighted by Crippen LogP contribution is -2.31. The molecule has 2 aliphatic rings. The van der Waals surface area contributed by atoms with Crippen molar-refractivity contribution < 1.29 is 0 Å². The van der Waals surface area contributed by atoms with Crippen LogP contribution in [0.4, 0.5) is 0 Å². The first kappa shape index (κ1) is 10.4. The third-order valence-electron chi connectivity index (χ3n) is 3.98. The van der Waals surface area contributed by atoms with E-state index in [1.54, 1.807) is 0 Å². The summed E-state index contributed by atoms with van der Waals surface area (Å²) in [6, 6.07) is 0.915. The minimum absolute atomic E-state index is 0.915. The molecule has 2 fully saturated rings. The third kappa shape index (κ3) is 2.29. The normalized spacial score (nSPS) is 39.4. The van der Waals surface area contributed by atoms with Gasteiger partial charge in [0, 0.05) is 12.6 Å². The predicted molar refractivity (Wildman–Crippen MR) is 60.4 cm³/mol.